The van der Waals surface area contributed by atoms with Crippen molar-refractivity contribution < 1.29 is 31.5 Å². The first-order chi connectivity index (χ1) is 22.2. The molecule has 0 spiro atoms. The highest BCUT2D eigenvalue weighted by molar-refractivity contribution is 7.98. The van der Waals surface area contributed by atoms with Gasteiger partial charge in [0.05, 0.1) is 35.7 Å². The normalized spacial score (nSPS) is 17.4. The van der Waals surface area contributed by atoms with Gasteiger partial charge in [-0.3, -0.25) is 4.98 Å². The van der Waals surface area contributed by atoms with Crippen LogP contribution in [0.4, 0.5) is 26.7 Å². The van der Waals surface area contributed by atoms with Crippen molar-refractivity contribution in [2.24, 2.45) is 0 Å². The predicted molar refractivity (Wildman–Crippen MR) is 165 cm³/mol. The Bertz CT molecular complexity index is 2090. The zero-order valence-electron chi connectivity index (χ0n) is 25.7. The van der Waals surface area contributed by atoms with E-state index in [-0.39, 0.29) is 62.8 Å². The van der Waals surface area contributed by atoms with Gasteiger partial charge in [0.2, 0.25) is 0 Å². The topological polar surface area (TPSA) is 110 Å². The molecule has 1 fully saturated rings. The van der Waals surface area contributed by atoms with Gasteiger partial charge in [0.25, 0.3) is 0 Å². The summed E-state index contributed by atoms with van der Waals surface area (Å²) in [5, 5.41) is 18.1. The maximum absolute atomic E-state index is 16.7. The molecule has 2 aromatic carbocycles. The molecule has 47 heavy (non-hydrogen) atoms. The van der Waals surface area contributed by atoms with E-state index in [0.717, 1.165) is 30.0 Å². The molecular formula is C32H28F5N7O2S. The van der Waals surface area contributed by atoms with Crippen LogP contribution < -0.4 is 0 Å². The highest BCUT2D eigenvalue weighted by Crippen LogP contribution is 2.45. The molecule has 1 aliphatic rings. The Morgan fingerprint density at radius 3 is 2.57 bits per heavy atom. The molecule has 15 heteroatoms. The Morgan fingerprint density at radius 2 is 1.89 bits per heavy atom. The van der Waals surface area contributed by atoms with Crippen LogP contribution in [0.3, 0.4) is 0 Å². The van der Waals surface area contributed by atoms with Gasteiger partial charge in [-0.2, -0.15) is 18.4 Å². The second kappa shape index (κ2) is 11.9. The van der Waals surface area contributed by atoms with E-state index < -0.39 is 52.7 Å². The Hall–Kier alpha value is -4.58. The van der Waals surface area contributed by atoms with E-state index in [4.69, 9.17) is 4.74 Å². The van der Waals surface area contributed by atoms with Crippen LogP contribution >= 0.6 is 11.8 Å². The number of fused-ring (bicyclic) bond motifs is 4. The quantitative estimate of drug-likeness (QED) is 0.140. The van der Waals surface area contributed by atoms with E-state index in [1.807, 2.05) is 0 Å². The van der Waals surface area contributed by atoms with Crippen molar-refractivity contribution in [3.63, 3.8) is 0 Å². The van der Waals surface area contributed by atoms with Crippen LogP contribution in [0.1, 0.15) is 51.6 Å². The van der Waals surface area contributed by atoms with Crippen molar-refractivity contribution in [2.45, 2.75) is 68.9 Å². The van der Waals surface area contributed by atoms with Crippen molar-refractivity contribution in [3.05, 3.63) is 53.7 Å². The number of likely N-dealkylation sites (tertiary alicyclic amines) is 1. The van der Waals surface area contributed by atoms with Crippen LogP contribution in [-0.4, -0.2) is 60.4 Å². The van der Waals surface area contributed by atoms with E-state index in [0.29, 0.717) is 6.42 Å². The molecule has 1 amide bonds. The number of aromatic nitrogens is 5. The summed E-state index contributed by atoms with van der Waals surface area (Å²) in [4.78, 5) is 22.9. The number of carbonyl (C=O) groups is 1. The molecule has 9 nitrogen and oxygen atoms in total. The number of hydrogen-bond acceptors (Lipinski definition) is 8. The van der Waals surface area contributed by atoms with Gasteiger partial charge in [0.1, 0.15) is 33.0 Å². The van der Waals surface area contributed by atoms with Gasteiger partial charge in [0.15, 0.2) is 5.82 Å². The number of nitrogens with zero attached hydrogens (tertiary/aromatic N) is 7. The fourth-order valence-electron chi connectivity index (χ4n) is 6.11. The highest BCUT2D eigenvalue weighted by atomic mass is 32.2. The minimum Gasteiger partial charge on any atom is -0.444 e. The van der Waals surface area contributed by atoms with Crippen molar-refractivity contribution in [2.75, 3.05) is 12.8 Å². The van der Waals surface area contributed by atoms with E-state index in [9.17, 15) is 27.6 Å². The minimum atomic E-state index is -5.03. The van der Waals surface area contributed by atoms with Crippen LogP contribution in [0.2, 0.25) is 0 Å². The number of piperidine rings is 1. The van der Waals surface area contributed by atoms with Crippen LogP contribution in [0.15, 0.2) is 41.6 Å². The van der Waals surface area contributed by atoms with E-state index >= 15 is 4.39 Å². The lowest BCUT2D eigenvalue weighted by atomic mass is 9.93. The van der Waals surface area contributed by atoms with E-state index in [1.165, 1.54) is 27.9 Å². The molecule has 1 aliphatic heterocycles. The molecule has 244 valence electrons. The summed E-state index contributed by atoms with van der Waals surface area (Å²) in [5.74, 6) is -1.96. The number of nitriles is 1. The molecule has 0 saturated carbocycles. The number of pyridine rings is 2. The van der Waals surface area contributed by atoms with Gasteiger partial charge in [0, 0.05) is 34.6 Å². The van der Waals surface area contributed by atoms with Crippen molar-refractivity contribution >= 4 is 50.7 Å². The summed E-state index contributed by atoms with van der Waals surface area (Å²) in [6.07, 6.45) is -2.11. The van der Waals surface area contributed by atoms with E-state index in [2.05, 4.69) is 26.3 Å². The van der Waals surface area contributed by atoms with Crippen LogP contribution in [0.25, 0.3) is 44.0 Å². The summed E-state index contributed by atoms with van der Waals surface area (Å²) < 4.78 is 82.7. The summed E-state index contributed by atoms with van der Waals surface area (Å²) in [5.41, 5.74) is -3.24. The predicted octanol–water partition coefficient (Wildman–Crippen LogP) is 8.07. The average molecular weight is 670 g/mol. The Morgan fingerprint density at radius 1 is 1.13 bits per heavy atom. The molecule has 3 aromatic heterocycles. The van der Waals surface area contributed by atoms with Gasteiger partial charge in [-0.05, 0) is 70.2 Å². The third-order valence-corrected chi connectivity index (χ3v) is 8.75. The standard InChI is InChI=1S/C32H28F5N7O2S/c1-31(2,3)46-30(45)43-13-10-17(14-16(43)9-11-38)44-28-20-15-21(32(35,36)37)23(19-7-8-22(33)18-6-5-12-39-25(18)19)24(34)26(20)40-29(47-4)27(28)41-42-44/h5-8,12,15-17H,9-10,13-14H2,1-4H3/t16-,17+/m1/s1. The number of alkyl halides is 3. The Balaban J connectivity index is 1.56. The molecule has 0 aliphatic carbocycles. The fourth-order valence-corrected chi connectivity index (χ4v) is 6.62. The van der Waals surface area contributed by atoms with Crippen molar-refractivity contribution in [1.29, 1.82) is 5.26 Å². The minimum absolute atomic E-state index is 0.0173. The van der Waals surface area contributed by atoms with Crippen molar-refractivity contribution in [1.82, 2.24) is 29.9 Å². The van der Waals surface area contributed by atoms with Crippen molar-refractivity contribution in [3.8, 4) is 17.2 Å². The van der Waals surface area contributed by atoms with Crippen LogP contribution in [-0.2, 0) is 10.9 Å². The maximum Gasteiger partial charge on any atom is 0.417 e. The molecule has 6 rings (SSSR count). The first-order valence-electron chi connectivity index (χ1n) is 14.7. The number of benzene rings is 2. The number of halogens is 5. The van der Waals surface area contributed by atoms with Gasteiger partial charge in [-0.25, -0.2) is 23.2 Å². The van der Waals surface area contributed by atoms with E-state index in [1.54, 1.807) is 27.0 Å². The van der Waals surface area contributed by atoms with Gasteiger partial charge in [-0.1, -0.05) is 5.21 Å². The van der Waals surface area contributed by atoms with Gasteiger partial charge >= 0.3 is 12.3 Å². The zero-order chi connectivity index (χ0) is 33.8. The third kappa shape index (κ3) is 5.79. The summed E-state index contributed by atoms with van der Waals surface area (Å²) in [6.45, 7) is 5.38. The first kappa shape index (κ1) is 32.4. The summed E-state index contributed by atoms with van der Waals surface area (Å²) >= 11 is 1.13. The molecule has 0 radical (unpaired) electrons. The second-order valence-electron chi connectivity index (χ2n) is 12.2. The molecule has 0 unspecified atom stereocenters. The summed E-state index contributed by atoms with van der Waals surface area (Å²) in [6, 6.07) is 6.70. The molecule has 0 bridgehead atoms. The highest BCUT2D eigenvalue weighted by Gasteiger charge is 2.39. The molecule has 0 N–H and O–H groups in total. The van der Waals surface area contributed by atoms with Gasteiger partial charge in [-0.15, -0.1) is 16.9 Å². The molecule has 5 aromatic rings. The SMILES string of the molecule is CSc1nc2c(F)c(-c3ccc(F)c4cccnc34)c(C(F)(F)F)cc2c2c1nnn2[C@H]1CCN(C(=O)OC(C)(C)C)[C@H](CC#N)C1. The monoisotopic (exact) mass is 669 g/mol. The maximum atomic E-state index is 16.7. The molecule has 1 saturated heterocycles. The number of rotatable bonds is 4. The first-order valence-corrected chi connectivity index (χ1v) is 15.9. The molecule has 2 atom stereocenters. The Kier molecular flexibility index (Phi) is 8.19. The Labute approximate surface area is 269 Å². The van der Waals surface area contributed by atoms with Gasteiger partial charge < -0.3 is 9.64 Å². The lowest BCUT2D eigenvalue weighted by molar-refractivity contribution is -0.137. The summed E-state index contributed by atoms with van der Waals surface area (Å²) in [7, 11) is 0. The smallest absolute Gasteiger partial charge is 0.417 e. The third-order valence-electron chi connectivity index (χ3n) is 8.08. The number of carbonyl (C=O) groups excluding carboxylic acids is 1. The average Bonchev–Trinajstić information content (AvgIpc) is 3.46. The largest absolute Gasteiger partial charge is 0.444 e. The second-order valence-corrected chi connectivity index (χ2v) is 13.0. The lowest BCUT2D eigenvalue weighted by Gasteiger charge is -2.39. The van der Waals surface area contributed by atoms with Crippen LogP contribution in [0, 0.1) is 23.0 Å². The number of ether oxygens (including phenoxy) is 1. The number of thioether (sulfide) groups is 1. The number of hydrogen-bond donors (Lipinski definition) is 0. The van der Waals surface area contributed by atoms with Crippen LogP contribution in [0.5, 0.6) is 0 Å². The molecule has 4 heterocycles. The number of amides is 1. The zero-order valence-corrected chi connectivity index (χ0v) is 26.5. The molecular weight excluding hydrogens is 641 g/mol. The fraction of sp³-hybridized carbons (Fsp3) is 0.375. The lowest BCUT2D eigenvalue weighted by Crippen LogP contribution is -2.48.